The molecule has 0 spiro atoms. The molecule has 0 saturated heterocycles. The van der Waals surface area contributed by atoms with Gasteiger partial charge in [0, 0.05) is 7.05 Å². The summed E-state index contributed by atoms with van der Waals surface area (Å²) in [5.74, 6) is 0. The van der Waals surface area contributed by atoms with E-state index in [1.54, 1.807) is 35.9 Å². The summed E-state index contributed by atoms with van der Waals surface area (Å²) in [5, 5.41) is 0.574. The molecule has 0 aliphatic rings. The molecule has 3 rings (SSSR count). The first-order valence-electron chi connectivity index (χ1n) is 6.09. The van der Waals surface area contributed by atoms with Gasteiger partial charge >= 0.3 is 0 Å². The number of nitrogens with zero attached hydrogens (tertiary/aromatic N) is 2. The lowest BCUT2D eigenvalue weighted by atomic mass is 10.3. The van der Waals surface area contributed by atoms with Crippen LogP contribution in [0.5, 0.6) is 0 Å². The molecule has 0 amide bonds. The molecular weight excluding hydrogens is 328 g/mol. The van der Waals surface area contributed by atoms with Gasteiger partial charge in [-0.2, -0.15) is 8.42 Å². The molecule has 21 heavy (non-hydrogen) atoms. The minimum absolute atomic E-state index is 0.175. The van der Waals surface area contributed by atoms with Crippen molar-refractivity contribution in [1.29, 1.82) is 0 Å². The summed E-state index contributed by atoms with van der Waals surface area (Å²) in [5.41, 5.74) is 0.783. The first-order chi connectivity index (χ1) is 9.99. The molecular formula is C14H11ClN2O2S2. The fourth-order valence-electron chi connectivity index (χ4n) is 1.99. The lowest BCUT2D eigenvalue weighted by Crippen LogP contribution is -2.13. The molecule has 0 radical (unpaired) electrons. The minimum atomic E-state index is -3.72. The van der Waals surface area contributed by atoms with Crippen LogP contribution in [-0.4, -0.2) is 13.0 Å². The third kappa shape index (κ3) is 2.62. The van der Waals surface area contributed by atoms with Gasteiger partial charge in [-0.1, -0.05) is 47.2 Å². The van der Waals surface area contributed by atoms with Crippen LogP contribution >= 0.6 is 22.9 Å². The van der Waals surface area contributed by atoms with Crippen LogP contribution in [0.1, 0.15) is 0 Å². The van der Waals surface area contributed by atoms with E-state index in [9.17, 15) is 8.42 Å². The van der Waals surface area contributed by atoms with Crippen molar-refractivity contribution in [2.75, 3.05) is 0 Å². The van der Waals surface area contributed by atoms with E-state index in [0.29, 0.717) is 9.82 Å². The Bertz CT molecular complexity index is 973. The third-order valence-corrected chi connectivity index (χ3v) is 5.81. The van der Waals surface area contributed by atoms with Gasteiger partial charge in [-0.15, -0.1) is 4.40 Å². The number of sulfonamides is 1. The Labute approximate surface area is 131 Å². The van der Waals surface area contributed by atoms with Gasteiger partial charge < -0.3 is 4.57 Å². The van der Waals surface area contributed by atoms with Crippen molar-refractivity contribution in [2.45, 2.75) is 4.90 Å². The Balaban J connectivity index is 2.26. The molecule has 2 aromatic carbocycles. The smallest absolute Gasteiger partial charge is 0.285 e. The lowest BCUT2D eigenvalue weighted by molar-refractivity contribution is 0.596. The maximum Gasteiger partial charge on any atom is 0.285 e. The molecule has 0 atom stereocenters. The number of aryl methyl sites for hydroxylation is 1. The zero-order valence-corrected chi connectivity index (χ0v) is 13.4. The molecule has 4 nitrogen and oxygen atoms in total. The highest BCUT2D eigenvalue weighted by atomic mass is 35.5. The Morgan fingerprint density at radius 3 is 2.48 bits per heavy atom. The number of hydrogen-bond acceptors (Lipinski definition) is 3. The van der Waals surface area contributed by atoms with E-state index in [1.165, 1.54) is 23.5 Å². The highest BCUT2D eigenvalue weighted by Crippen LogP contribution is 2.24. The van der Waals surface area contributed by atoms with Crippen molar-refractivity contribution in [3.8, 4) is 0 Å². The van der Waals surface area contributed by atoms with Crippen molar-refractivity contribution in [3.63, 3.8) is 0 Å². The zero-order valence-electron chi connectivity index (χ0n) is 11.0. The van der Waals surface area contributed by atoms with E-state index in [4.69, 9.17) is 11.6 Å². The van der Waals surface area contributed by atoms with Crippen molar-refractivity contribution in [1.82, 2.24) is 4.57 Å². The fraction of sp³-hybridized carbons (Fsp3) is 0.0714. The topological polar surface area (TPSA) is 51.4 Å². The second-order valence-electron chi connectivity index (χ2n) is 4.41. The molecule has 0 bridgehead atoms. The van der Waals surface area contributed by atoms with E-state index >= 15 is 0 Å². The maximum atomic E-state index is 12.3. The Morgan fingerprint density at radius 2 is 1.81 bits per heavy atom. The number of para-hydroxylation sites is 1. The molecule has 1 heterocycles. The molecule has 3 aromatic rings. The largest absolute Gasteiger partial charge is 0.318 e. The van der Waals surface area contributed by atoms with Crippen molar-refractivity contribution in [3.05, 3.63) is 58.4 Å². The number of thiazole rings is 1. The van der Waals surface area contributed by atoms with E-state index in [-0.39, 0.29) is 4.90 Å². The van der Waals surface area contributed by atoms with Gasteiger partial charge in [0.25, 0.3) is 10.0 Å². The van der Waals surface area contributed by atoms with Crippen LogP contribution in [-0.2, 0) is 17.1 Å². The van der Waals surface area contributed by atoms with Gasteiger partial charge in [-0.25, -0.2) is 0 Å². The van der Waals surface area contributed by atoms with Crippen molar-refractivity contribution in [2.24, 2.45) is 11.4 Å². The van der Waals surface area contributed by atoms with Crippen molar-refractivity contribution < 1.29 is 8.42 Å². The quantitative estimate of drug-likeness (QED) is 0.720. The van der Waals surface area contributed by atoms with E-state index in [0.717, 1.165) is 10.2 Å². The Morgan fingerprint density at radius 1 is 1.10 bits per heavy atom. The number of halogens is 1. The number of fused-ring (bicyclic) bond motifs is 1. The lowest BCUT2D eigenvalue weighted by Gasteiger charge is -1.99. The standard InChI is InChI=1S/C14H11ClN2O2S2/c1-17-13-11(15)8-5-9-12(13)20-14(17)16-21(18,19)10-6-3-2-4-7-10/h2-9H,1H3. The summed E-state index contributed by atoms with van der Waals surface area (Å²) >= 11 is 7.45. The summed E-state index contributed by atoms with van der Waals surface area (Å²) in [4.78, 5) is 0.565. The van der Waals surface area contributed by atoms with Gasteiger partial charge in [-0.05, 0) is 24.3 Å². The average Bonchev–Trinajstić information content (AvgIpc) is 2.77. The number of aromatic nitrogens is 1. The van der Waals surface area contributed by atoms with Crippen LogP contribution < -0.4 is 4.80 Å². The SMILES string of the molecule is Cn1c(=NS(=O)(=O)c2ccccc2)sc2cccc(Cl)c21. The first-order valence-corrected chi connectivity index (χ1v) is 8.72. The van der Waals surface area contributed by atoms with Crippen LogP contribution in [0, 0.1) is 0 Å². The summed E-state index contributed by atoms with van der Waals surface area (Å²) in [6.45, 7) is 0. The van der Waals surface area contributed by atoms with E-state index < -0.39 is 10.0 Å². The molecule has 108 valence electrons. The predicted octanol–water partition coefficient (Wildman–Crippen LogP) is 3.18. The molecule has 0 fully saturated rings. The third-order valence-electron chi connectivity index (χ3n) is 3.01. The highest BCUT2D eigenvalue weighted by molar-refractivity contribution is 7.90. The molecule has 0 aliphatic heterocycles. The molecule has 0 saturated carbocycles. The molecule has 1 aromatic heterocycles. The van der Waals surface area contributed by atoms with Gasteiger partial charge in [0.2, 0.25) is 4.80 Å². The maximum absolute atomic E-state index is 12.3. The normalized spacial score (nSPS) is 13.0. The molecule has 0 unspecified atom stereocenters. The van der Waals surface area contributed by atoms with Gasteiger partial charge in [0.15, 0.2) is 0 Å². The Hall–Kier alpha value is -1.63. The Kier molecular flexibility index (Phi) is 3.61. The van der Waals surface area contributed by atoms with E-state index in [1.807, 2.05) is 12.1 Å². The molecule has 0 N–H and O–H groups in total. The van der Waals surface area contributed by atoms with Crippen LogP contribution in [0.25, 0.3) is 10.2 Å². The number of rotatable bonds is 2. The summed E-state index contributed by atoms with van der Waals surface area (Å²) in [6, 6.07) is 13.6. The van der Waals surface area contributed by atoms with Gasteiger partial charge in [-0.3, -0.25) is 0 Å². The zero-order chi connectivity index (χ0) is 15.0. The van der Waals surface area contributed by atoms with Crippen LogP contribution in [0.3, 0.4) is 0 Å². The summed E-state index contributed by atoms with van der Waals surface area (Å²) < 4.78 is 31.1. The summed E-state index contributed by atoms with van der Waals surface area (Å²) in [6.07, 6.45) is 0. The first kappa shape index (κ1) is 14.3. The predicted molar refractivity (Wildman–Crippen MR) is 85.0 cm³/mol. The summed E-state index contributed by atoms with van der Waals surface area (Å²) in [7, 11) is -1.97. The van der Waals surface area contributed by atoms with E-state index in [2.05, 4.69) is 4.40 Å². The monoisotopic (exact) mass is 338 g/mol. The van der Waals surface area contributed by atoms with Gasteiger partial charge in [0.1, 0.15) is 0 Å². The molecule has 0 aliphatic carbocycles. The second-order valence-corrected chi connectivity index (χ2v) is 7.43. The van der Waals surface area contributed by atoms with Crippen LogP contribution in [0.4, 0.5) is 0 Å². The number of benzene rings is 2. The second kappa shape index (κ2) is 5.29. The average molecular weight is 339 g/mol. The minimum Gasteiger partial charge on any atom is -0.318 e. The van der Waals surface area contributed by atoms with Gasteiger partial charge in [0.05, 0.1) is 20.1 Å². The van der Waals surface area contributed by atoms with Crippen LogP contribution in [0.15, 0.2) is 57.8 Å². The van der Waals surface area contributed by atoms with Crippen molar-refractivity contribution >= 4 is 43.2 Å². The fourth-order valence-corrected chi connectivity index (χ4v) is 4.64. The number of hydrogen-bond donors (Lipinski definition) is 0. The molecule has 7 heteroatoms. The van der Waals surface area contributed by atoms with Crippen LogP contribution in [0.2, 0.25) is 5.02 Å². The highest BCUT2D eigenvalue weighted by Gasteiger charge is 2.13.